The third-order valence-electron chi connectivity index (χ3n) is 5.97. The molecule has 0 unspecified atom stereocenters. The van der Waals surface area contributed by atoms with Crippen LogP contribution in [0, 0.1) is 12.7 Å². The molecule has 0 N–H and O–H groups in total. The molecule has 1 saturated heterocycles. The predicted molar refractivity (Wildman–Crippen MR) is 117 cm³/mol. The lowest BCUT2D eigenvalue weighted by molar-refractivity contribution is 0.0730. The highest BCUT2D eigenvalue weighted by Gasteiger charge is 2.28. The molecule has 2 aliphatic rings. The van der Waals surface area contributed by atoms with Crippen molar-refractivity contribution in [3.63, 3.8) is 0 Å². The van der Waals surface area contributed by atoms with Crippen LogP contribution in [0.5, 0.6) is 0 Å². The van der Waals surface area contributed by atoms with E-state index < -0.39 is 21.7 Å². The van der Waals surface area contributed by atoms with Crippen molar-refractivity contribution in [3.05, 3.63) is 59.0 Å². The van der Waals surface area contributed by atoms with Crippen LogP contribution in [0.25, 0.3) is 0 Å². The third kappa shape index (κ3) is 4.84. The van der Waals surface area contributed by atoms with Gasteiger partial charge in [-0.3, -0.25) is 14.4 Å². The second-order valence-corrected chi connectivity index (χ2v) is 10.3. The molecule has 1 aromatic carbocycles. The van der Waals surface area contributed by atoms with E-state index in [1.807, 2.05) is 6.92 Å². The van der Waals surface area contributed by atoms with Crippen LogP contribution in [0.15, 0.2) is 46.4 Å². The van der Waals surface area contributed by atoms with Gasteiger partial charge in [0.05, 0.1) is 29.7 Å². The van der Waals surface area contributed by atoms with E-state index in [2.05, 4.69) is 0 Å². The van der Waals surface area contributed by atoms with Crippen LogP contribution < -0.4 is 5.49 Å². The molecule has 1 aliphatic heterocycles. The Morgan fingerprint density at radius 1 is 1.09 bits per heavy atom. The first-order valence-corrected chi connectivity index (χ1v) is 12.5. The minimum Gasteiger partial charge on any atom is -0.379 e. The molecule has 2 aromatic rings. The fourth-order valence-electron chi connectivity index (χ4n) is 4.15. The third-order valence-corrected chi connectivity index (χ3v) is 7.87. The summed E-state index contributed by atoms with van der Waals surface area (Å²) in [5.74, 6) is -1.41. The lowest BCUT2D eigenvalue weighted by Gasteiger charge is -2.26. The summed E-state index contributed by atoms with van der Waals surface area (Å²) in [5, 5.41) is 0. The van der Waals surface area contributed by atoms with Gasteiger partial charge >= 0.3 is 0 Å². The van der Waals surface area contributed by atoms with Gasteiger partial charge in [0.15, 0.2) is 0 Å². The molecule has 0 amide bonds. The average molecular weight is 462 g/mol. The van der Waals surface area contributed by atoms with E-state index in [0.717, 1.165) is 43.4 Å². The largest absolute Gasteiger partial charge is 0.379 e. The topological polar surface area (TPSA) is 81.0 Å². The van der Waals surface area contributed by atoms with Crippen LogP contribution in [-0.4, -0.2) is 55.5 Å². The molecule has 1 saturated carbocycles. The monoisotopic (exact) mass is 461 g/mol. The fourth-order valence-corrected chi connectivity index (χ4v) is 5.59. The normalized spacial score (nSPS) is 19.2. The summed E-state index contributed by atoms with van der Waals surface area (Å²) in [6.07, 6.45) is 6.89. The van der Waals surface area contributed by atoms with Gasteiger partial charge in [-0.1, -0.05) is 19.3 Å². The van der Waals surface area contributed by atoms with Crippen molar-refractivity contribution in [2.45, 2.75) is 50.0 Å². The summed E-state index contributed by atoms with van der Waals surface area (Å²) in [7, 11) is -3.85. The number of rotatable bonds is 4. The quantitative estimate of drug-likeness (QED) is 0.701. The maximum absolute atomic E-state index is 14.7. The van der Waals surface area contributed by atoms with E-state index >= 15 is 0 Å². The van der Waals surface area contributed by atoms with Crippen LogP contribution in [0.3, 0.4) is 0 Å². The van der Waals surface area contributed by atoms with Crippen LogP contribution in [-0.2, 0) is 14.8 Å². The van der Waals surface area contributed by atoms with Gasteiger partial charge in [0.25, 0.3) is 5.91 Å². The van der Waals surface area contributed by atoms with E-state index in [0.29, 0.717) is 18.7 Å². The maximum atomic E-state index is 14.7. The molecular weight excluding hydrogens is 433 g/mol. The van der Waals surface area contributed by atoms with Gasteiger partial charge in [0, 0.05) is 19.3 Å². The summed E-state index contributed by atoms with van der Waals surface area (Å²) in [6.45, 7) is 2.96. The van der Waals surface area contributed by atoms with Gasteiger partial charge in [-0.05, 0) is 55.7 Å². The number of aromatic nitrogens is 1. The number of carbonyl (C=O) groups is 1. The summed E-state index contributed by atoms with van der Waals surface area (Å²) < 4.78 is 48.5. The number of hydrogen-bond donors (Lipinski definition) is 0. The number of halogens is 1. The fraction of sp³-hybridized carbons (Fsp3) is 0.478. The number of morpholine rings is 1. The molecule has 1 aliphatic carbocycles. The summed E-state index contributed by atoms with van der Waals surface area (Å²) in [5.41, 5.74) is 1.10. The van der Waals surface area contributed by atoms with Crippen molar-refractivity contribution >= 4 is 15.9 Å². The number of nitrogens with zero attached hydrogens (tertiary/aromatic N) is 3. The van der Waals surface area contributed by atoms with Gasteiger partial charge in [-0.25, -0.2) is 12.8 Å². The molecule has 7 nitrogen and oxygen atoms in total. The number of hydrogen-bond acceptors (Lipinski definition) is 5. The van der Waals surface area contributed by atoms with E-state index in [-0.39, 0.29) is 29.6 Å². The van der Waals surface area contributed by atoms with Crippen molar-refractivity contribution in [1.29, 1.82) is 0 Å². The van der Waals surface area contributed by atoms with Crippen molar-refractivity contribution in [1.82, 2.24) is 8.87 Å². The van der Waals surface area contributed by atoms with Crippen LogP contribution in [0.1, 0.15) is 48.0 Å². The van der Waals surface area contributed by atoms with Gasteiger partial charge in [-0.15, -0.1) is 0 Å². The molecule has 0 atom stereocenters. The number of pyridine rings is 1. The van der Waals surface area contributed by atoms with Crippen LogP contribution in [0.4, 0.5) is 4.39 Å². The van der Waals surface area contributed by atoms with Crippen LogP contribution in [0.2, 0.25) is 0 Å². The Kier molecular flexibility index (Phi) is 6.88. The summed E-state index contributed by atoms with van der Waals surface area (Å²) in [4.78, 5) is 18.0. The molecule has 2 heterocycles. The molecular formula is C23H28FN3O4S. The number of carbonyl (C=O) groups excluding carboxylic acids is 1. The van der Waals surface area contributed by atoms with Crippen molar-refractivity contribution in [2.75, 3.05) is 26.3 Å². The second kappa shape index (κ2) is 9.64. The summed E-state index contributed by atoms with van der Waals surface area (Å²) in [6, 6.07) is 7.04. The number of sulfonamides is 1. The Hall–Kier alpha value is -2.36. The zero-order valence-electron chi connectivity index (χ0n) is 18.2. The maximum Gasteiger partial charge on any atom is 0.266 e. The Labute approximate surface area is 187 Å². The minimum absolute atomic E-state index is 0.109. The molecule has 0 radical (unpaired) electrons. The van der Waals surface area contributed by atoms with Crippen molar-refractivity contribution in [2.24, 2.45) is 4.99 Å². The van der Waals surface area contributed by atoms with E-state index in [4.69, 9.17) is 9.73 Å². The molecule has 0 spiro atoms. The first-order chi connectivity index (χ1) is 15.4. The Balaban J connectivity index is 1.73. The highest BCUT2D eigenvalue weighted by molar-refractivity contribution is 7.89. The first-order valence-electron chi connectivity index (χ1n) is 11.0. The van der Waals surface area contributed by atoms with E-state index in [1.54, 1.807) is 18.3 Å². The van der Waals surface area contributed by atoms with Gasteiger partial charge in [0.2, 0.25) is 10.0 Å². The Bertz CT molecular complexity index is 1160. The Morgan fingerprint density at radius 3 is 2.53 bits per heavy atom. The lowest BCUT2D eigenvalue weighted by atomic mass is 9.96. The van der Waals surface area contributed by atoms with Crippen LogP contribution >= 0.6 is 0 Å². The lowest BCUT2D eigenvalue weighted by Crippen LogP contribution is -2.40. The second-order valence-electron chi connectivity index (χ2n) is 8.32. The number of benzene rings is 1. The zero-order valence-corrected chi connectivity index (χ0v) is 19.0. The molecule has 1 aromatic heterocycles. The highest BCUT2D eigenvalue weighted by atomic mass is 32.2. The first kappa shape index (κ1) is 22.8. The molecule has 0 bridgehead atoms. The molecule has 2 fully saturated rings. The van der Waals surface area contributed by atoms with Gasteiger partial charge in [-0.2, -0.15) is 4.31 Å². The Morgan fingerprint density at radius 2 is 1.81 bits per heavy atom. The van der Waals surface area contributed by atoms with Crippen molar-refractivity contribution < 1.29 is 22.3 Å². The van der Waals surface area contributed by atoms with E-state index in [1.165, 1.54) is 21.4 Å². The minimum atomic E-state index is -3.85. The number of aryl methyl sites for hydroxylation is 1. The van der Waals surface area contributed by atoms with Gasteiger partial charge < -0.3 is 4.74 Å². The average Bonchev–Trinajstić information content (AvgIpc) is 2.80. The molecule has 32 heavy (non-hydrogen) atoms. The van der Waals surface area contributed by atoms with Gasteiger partial charge in [0.1, 0.15) is 11.3 Å². The molecule has 9 heteroatoms. The standard InChI is InChI=1S/C23H28FN3O4S/c1-17-9-10-27(22(15-17)25-18-5-3-2-4-6-18)23(28)20-16-19(7-8-21(20)24)32(29,30)26-11-13-31-14-12-26/h7-10,15-16,18H,2-6,11-14H2,1H3. The predicted octanol–water partition coefficient (Wildman–Crippen LogP) is 2.88. The number of ether oxygens (including phenoxy) is 1. The summed E-state index contributed by atoms with van der Waals surface area (Å²) >= 11 is 0. The SMILES string of the molecule is Cc1ccn(C(=O)c2cc(S(=O)(=O)N3CCOCC3)ccc2F)c(=NC2CCCCC2)c1. The van der Waals surface area contributed by atoms with E-state index in [9.17, 15) is 17.6 Å². The van der Waals surface area contributed by atoms with Crippen molar-refractivity contribution in [3.8, 4) is 0 Å². The highest BCUT2D eigenvalue weighted by Crippen LogP contribution is 2.22. The smallest absolute Gasteiger partial charge is 0.266 e. The molecule has 4 rings (SSSR count). The zero-order chi connectivity index (χ0) is 22.7. The molecule has 172 valence electrons.